The molecule has 0 aliphatic carbocycles. The molecule has 0 saturated carbocycles. The standard InChI is InChI=1S/C26H22ClNO5/c1-15-9-10-17(27)13-20(15)28-23(16-7-5-4-6-8-16)22(25(30)26(28)31)24(29)19-14-18(32-2)11-12-21(19)33-3/h4-14,23,29H,1-3H3/b24-22+. The fourth-order valence-electron chi connectivity index (χ4n) is 4.02. The van der Waals surface area contributed by atoms with Crippen LogP contribution in [-0.2, 0) is 9.59 Å². The number of hydrogen-bond acceptors (Lipinski definition) is 5. The van der Waals surface area contributed by atoms with Crippen LogP contribution < -0.4 is 14.4 Å². The van der Waals surface area contributed by atoms with Crippen LogP contribution in [0.4, 0.5) is 5.69 Å². The number of benzene rings is 3. The van der Waals surface area contributed by atoms with E-state index in [0.29, 0.717) is 27.8 Å². The number of methoxy groups -OCH3 is 2. The largest absolute Gasteiger partial charge is 0.507 e. The van der Waals surface area contributed by atoms with E-state index in [2.05, 4.69) is 0 Å². The van der Waals surface area contributed by atoms with Gasteiger partial charge in [0.25, 0.3) is 11.7 Å². The highest BCUT2D eigenvalue weighted by molar-refractivity contribution is 6.52. The highest BCUT2D eigenvalue weighted by atomic mass is 35.5. The zero-order valence-electron chi connectivity index (χ0n) is 18.3. The monoisotopic (exact) mass is 463 g/mol. The lowest BCUT2D eigenvalue weighted by atomic mass is 9.94. The first-order valence-electron chi connectivity index (χ1n) is 10.2. The van der Waals surface area contributed by atoms with Crippen LogP contribution in [0.25, 0.3) is 5.76 Å². The molecule has 33 heavy (non-hydrogen) atoms. The van der Waals surface area contributed by atoms with Crippen molar-refractivity contribution in [2.24, 2.45) is 0 Å². The lowest BCUT2D eigenvalue weighted by molar-refractivity contribution is -0.132. The Morgan fingerprint density at radius 1 is 0.970 bits per heavy atom. The molecule has 0 aromatic heterocycles. The Hall–Kier alpha value is -3.77. The summed E-state index contributed by atoms with van der Waals surface area (Å²) in [5.41, 5.74) is 2.13. The maximum absolute atomic E-state index is 13.3. The van der Waals surface area contributed by atoms with Crippen LogP contribution in [0, 0.1) is 6.92 Å². The summed E-state index contributed by atoms with van der Waals surface area (Å²) in [6, 6.07) is 18.2. The first kappa shape index (κ1) is 22.4. The number of hydrogen-bond donors (Lipinski definition) is 1. The van der Waals surface area contributed by atoms with E-state index in [1.165, 1.54) is 19.1 Å². The summed E-state index contributed by atoms with van der Waals surface area (Å²) < 4.78 is 10.7. The average molecular weight is 464 g/mol. The quantitative estimate of drug-likeness (QED) is 0.316. The van der Waals surface area contributed by atoms with E-state index in [-0.39, 0.29) is 16.9 Å². The summed E-state index contributed by atoms with van der Waals surface area (Å²) in [5, 5.41) is 11.8. The second kappa shape index (κ2) is 9.00. The third kappa shape index (κ3) is 3.94. The number of anilines is 1. The molecule has 6 nitrogen and oxygen atoms in total. The smallest absolute Gasteiger partial charge is 0.300 e. The fourth-order valence-corrected chi connectivity index (χ4v) is 4.18. The summed E-state index contributed by atoms with van der Waals surface area (Å²) in [5.74, 6) is -1.10. The first-order valence-corrected chi connectivity index (χ1v) is 10.6. The number of aliphatic hydroxyl groups excluding tert-OH is 1. The summed E-state index contributed by atoms with van der Waals surface area (Å²) in [6.45, 7) is 1.83. The SMILES string of the molecule is COc1ccc(OC)c(/C(O)=C2\C(=O)C(=O)N(c3cc(Cl)ccc3C)C2c2ccccc2)c1. The average Bonchev–Trinajstić information content (AvgIpc) is 3.10. The van der Waals surface area contributed by atoms with Crippen LogP contribution in [0.15, 0.2) is 72.3 Å². The number of carbonyl (C=O) groups is 2. The molecular weight excluding hydrogens is 442 g/mol. The van der Waals surface area contributed by atoms with Crippen LogP contribution in [0.2, 0.25) is 5.02 Å². The molecule has 1 aliphatic rings. The van der Waals surface area contributed by atoms with Crippen molar-refractivity contribution in [3.63, 3.8) is 0 Å². The number of halogens is 1. The lowest BCUT2D eigenvalue weighted by Crippen LogP contribution is -2.30. The molecule has 1 atom stereocenters. The highest BCUT2D eigenvalue weighted by Gasteiger charge is 2.47. The number of rotatable bonds is 5. The first-order chi connectivity index (χ1) is 15.9. The van der Waals surface area contributed by atoms with Crippen molar-refractivity contribution >= 4 is 34.7 Å². The predicted molar refractivity (Wildman–Crippen MR) is 127 cm³/mol. The molecule has 0 spiro atoms. The normalized spacial score (nSPS) is 17.3. The molecule has 1 amide bonds. The molecule has 168 valence electrons. The van der Waals surface area contributed by atoms with Crippen molar-refractivity contribution in [1.82, 2.24) is 0 Å². The zero-order chi connectivity index (χ0) is 23.7. The summed E-state index contributed by atoms with van der Waals surface area (Å²) in [6.07, 6.45) is 0. The molecular formula is C26H22ClNO5. The Morgan fingerprint density at radius 3 is 2.36 bits per heavy atom. The number of aryl methyl sites for hydroxylation is 1. The van der Waals surface area contributed by atoms with Gasteiger partial charge in [0.15, 0.2) is 0 Å². The van der Waals surface area contributed by atoms with Crippen molar-refractivity contribution in [3.05, 3.63) is 94.0 Å². The lowest BCUT2D eigenvalue weighted by Gasteiger charge is -2.27. The number of Topliss-reactive ketones (excluding diaryl/α,β-unsaturated/α-hetero) is 1. The molecule has 1 unspecified atom stereocenters. The van der Waals surface area contributed by atoms with E-state index in [4.69, 9.17) is 21.1 Å². The van der Waals surface area contributed by atoms with Crippen molar-refractivity contribution in [3.8, 4) is 11.5 Å². The summed E-state index contributed by atoms with van der Waals surface area (Å²) in [4.78, 5) is 28.0. The predicted octanol–water partition coefficient (Wildman–Crippen LogP) is 5.29. The Balaban J connectivity index is 2.01. The Bertz CT molecular complexity index is 1270. The molecule has 1 aliphatic heterocycles. The van der Waals surface area contributed by atoms with E-state index < -0.39 is 17.7 Å². The van der Waals surface area contributed by atoms with Gasteiger partial charge in [-0.1, -0.05) is 48.0 Å². The Morgan fingerprint density at radius 2 is 1.70 bits per heavy atom. The van der Waals surface area contributed by atoms with E-state index in [0.717, 1.165) is 5.56 Å². The number of nitrogens with zero attached hydrogens (tertiary/aromatic N) is 1. The zero-order valence-corrected chi connectivity index (χ0v) is 19.1. The molecule has 1 fully saturated rings. The number of amides is 1. The minimum Gasteiger partial charge on any atom is -0.507 e. The number of ether oxygens (including phenoxy) is 2. The van der Waals surface area contributed by atoms with Crippen LogP contribution >= 0.6 is 11.6 Å². The van der Waals surface area contributed by atoms with Gasteiger partial charge in [-0.15, -0.1) is 0 Å². The van der Waals surface area contributed by atoms with Crippen LogP contribution in [-0.4, -0.2) is 31.0 Å². The number of aliphatic hydroxyl groups is 1. The van der Waals surface area contributed by atoms with Gasteiger partial charge >= 0.3 is 0 Å². The second-order valence-corrected chi connectivity index (χ2v) is 8.01. The fraction of sp³-hybridized carbons (Fsp3) is 0.154. The van der Waals surface area contributed by atoms with Gasteiger partial charge in [0.2, 0.25) is 0 Å². The second-order valence-electron chi connectivity index (χ2n) is 7.58. The maximum atomic E-state index is 13.3. The third-order valence-corrected chi connectivity index (χ3v) is 5.89. The minimum absolute atomic E-state index is 0.0443. The molecule has 7 heteroatoms. The summed E-state index contributed by atoms with van der Waals surface area (Å²) >= 11 is 6.23. The Kier molecular flexibility index (Phi) is 6.11. The van der Waals surface area contributed by atoms with Crippen molar-refractivity contribution in [2.45, 2.75) is 13.0 Å². The molecule has 3 aromatic carbocycles. The van der Waals surface area contributed by atoms with Crippen molar-refractivity contribution in [2.75, 3.05) is 19.1 Å². The van der Waals surface area contributed by atoms with Crippen LogP contribution in [0.3, 0.4) is 0 Å². The van der Waals surface area contributed by atoms with Crippen molar-refractivity contribution in [1.29, 1.82) is 0 Å². The van der Waals surface area contributed by atoms with Gasteiger partial charge in [0, 0.05) is 10.7 Å². The molecule has 1 N–H and O–H groups in total. The van der Waals surface area contributed by atoms with E-state index in [9.17, 15) is 14.7 Å². The van der Waals surface area contributed by atoms with Crippen LogP contribution in [0.1, 0.15) is 22.7 Å². The number of ketones is 1. The molecule has 0 bridgehead atoms. The van der Waals surface area contributed by atoms with E-state index in [1.807, 2.05) is 25.1 Å². The molecule has 0 radical (unpaired) electrons. The third-order valence-electron chi connectivity index (χ3n) is 5.65. The van der Waals surface area contributed by atoms with E-state index >= 15 is 0 Å². The molecule has 1 heterocycles. The maximum Gasteiger partial charge on any atom is 0.300 e. The highest BCUT2D eigenvalue weighted by Crippen LogP contribution is 2.44. The topological polar surface area (TPSA) is 76.1 Å². The molecule has 3 aromatic rings. The van der Waals surface area contributed by atoms with Gasteiger partial charge in [0.05, 0.1) is 31.4 Å². The Labute approximate surface area is 196 Å². The van der Waals surface area contributed by atoms with E-state index in [1.54, 1.807) is 48.5 Å². The minimum atomic E-state index is -0.862. The number of carbonyl (C=O) groups excluding carboxylic acids is 2. The van der Waals surface area contributed by atoms with Gasteiger partial charge < -0.3 is 14.6 Å². The van der Waals surface area contributed by atoms with Gasteiger partial charge in [-0.05, 0) is 48.4 Å². The van der Waals surface area contributed by atoms with Gasteiger partial charge in [-0.2, -0.15) is 0 Å². The van der Waals surface area contributed by atoms with Gasteiger partial charge in [-0.25, -0.2) is 0 Å². The van der Waals surface area contributed by atoms with Crippen LogP contribution in [0.5, 0.6) is 11.5 Å². The van der Waals surface area contributed by atoms with Gasteiger partial charge in [0.1, 0.15) is 17.3 Å². The van der Waals surface area contributed by atoms with Crippen molar-refractivity contribution < 1.29 is 24.2 Å². The van der Waals surface area contributed by atoms with Gasteiger partial charge in [-0.3, -0.25) is 14.5 Å². The molecule has 1 saturated heterocycles. The summed E-state index contributed by atoms with van der Waals surface area (Å²) in [7, 11) is 2.96. The molecule has 4 rings (SSSR count).